The number of amides is 2. The van der Waals surface area contributed by atoms with Crippen LogP contribution in [-0.2, 0) is 9.59 Å². The minimum atomic E-state index is -0.577. The molecule has 1 N–H and O–H groups in total. The molecule has 4 rings (SSSR count). The molecule has 1 aliphatic heterocycles. The second kappa shape index (κ2) is 7.66. The van der Waals surface area contributed by atoms with Gasteiger partial charge in [-0.3, -0.25) is 19.8 Å². The van der Waals surface area contributed by atoms with Crippen LogP contribution >= 0.6 is 23.8 Å². The Balaban J connectivity index is 1.69. The summed E-state index contributed by atoms with van der Waals surface area (Å²) in [4.78, 5) is 26.7. The number of hydrogen-bond donors (Lipinski definition) is 1. The molecular formula is C22H15ClN2O3S. The predicted octanol–water partition coefficient (Wildman–Crippen LogP) is 4.74. The Morgan fingerprint density at radius 2 is 1.83 bits per heavy atom. The molecule has 144 valence electrons. The van der Waals surface area contributed by atoms with Crippen molar-refractivity contribution >= 4 is 52.5 Å². The highest BCUT2D eigenvalue weighted by atomic mass is 35.5. The number of halogens is 1. The van der Waals surface area contributed by atoms with Crippen molar-refractivity contribution in [2.24, 2.45) is 0 Å². The van der Waals surface area contributed by atoms with E-state index in [4.69, 9.17) is 28.2 Å². The smallest absolute Gasteiger partial charge is 0.270 e. The predicted molar refractivity (Wildman–Crippen MR) is 117 cm³/mol. The summed E-state index contributed by atoms with van der Waals surface area (Å²) < 4.78 is 5.79. The molecule has 1 aliphatic rings. The maximum atomic E-state index is 13.0. The molecule has 0 spiro atoms. The topological polar surface area (TPSA) is 62.6 Å². The minimum Gasteiger partial charge on any atom is -0.457 e. The first-order chi connectivity index (χ1) is 13.9. The summed E-state index contributed by atoms with van der Waals surface area (Å²) in [5.74, 6) is -0.0979. The van der Waals surface area contributed by atoms with Gasteiger partial charge in [-0.25, -0.2) is 0 Å². The Morgan fingerprint density at radius 3 is 2.55 bits per heavy atom. The lowest BCUT2D eigenvalue weighted by Crippen LogP contribution is -2.54. The van der Waals surface area contributed by atoms with Crippen molar-refractivity contribution in [2.45, 2.75) is 6.92 Å². The van der Waals surface area contributed by atoms with Gasteiger partial charge in [0.2, 0.25) is 0 Å². The summed E-state index contributed by atoms with van der Waals surface area (Å²) in [5, 5.41) is 3.05. The lowest BCUT2D eigenvalue weighted by Gasteiger charge is -2.29. The zero-order chi connectivity index (χ0) is 20.5. The van der Waals surface area contributed by atoms with Crippen LogP contribution in [0, 0.1) is 6.92 Å². The third kappa shape index (κ3) is 3.72. The van der Waals surface area contributed by atoms with Crippen molar-refractivity contribution in [3.63, 3.8) is 0 Å². The lowest BCUT2D eigenvalue weighted by atomic mass is 10.1. The second-order valence-electron chi connectivity index (χ2n) is 6.46. The number of nitrogens with zero attached hydrogens (tertiary/aromatic N) is 1. The minimum absolute atomic E-state index is 0.00138. The van der Waals surface area contributed by atoms with E-state index in [0.29, 0.717) is 22.2 Å². The fraction of sp³-hybridized carbons (Fsp3) is 0.0455. The van der Waals surface area contributed by atoms with Crippen molar-refractivity contribution < 1.29 is 14.0 Å². The van der Waals surface area contributed by atoms with Gasteiger partial charge in [-0.2, -0.15) is 0 Å². The highest BCUT2D eigenvalue weighted by Crippen LogP contribution is 2.28. The number of benzene rings is 2. The molecule has 1 fully saturated rings. The Hall–Kier alpha value is -3.22. The fourth-order valence-electron chi connectivity index (χ4n) is 2.94. The third-order valence-electron chi connectivity index (χ3n) is 4.49. The molecule has 2 heterocycles. The molecule has 5 nitrogen and oxygen atoms in total. The monoisotopic (exact) mass is 422 g/mol. The van der Waals surface area contributed by atoms with E-state index in [1.165, 1.54) is 11.0 Å². The van der Waals surface area contributed by atoms with Crippen LogP contribution in [-0.4, -0.2) is 16.9 Å². The molecule has 0 bridgehead atoms. The summed E-state index contributed by atoms with van der Waals surface area (Å²) >= 11 is 11.4. The summed E-state index contributed by atoms with van der Waals surface area (Å²) in [6.45, 7) is 1.86. The zero-order valence-electron chi connectivity index (χ0n) is 15.3. The highest BCUT2D eigenvalue weighted by molar-refractivity contribution is 7.80. The van der Waals surface area contributed by atoms with Crippen LogP contribution in [0.25, 0.3) is 17.4 Å². The maximum absolute atomic E-state index is 13.0. The Kier molecular flexibility index (Phi) is 5.05. The molecule has 1 saturated heterocycles. The number of nitrogens with one attached hydrogen (secondary N) is 1. The average Bonchev–Trinajstić information content (AvgIpc) is 3.17. The van der Waals surface area contributed by atoms with Gasteiger partial charge >= 0.3 is 0 Å². The Bertz CT molecular complexity index is 1170. The van der Waals surface area contributed by atoms with Crippen molar-refractivity contribution in [2.75, 3.05) is 4.90 Å². The molecule has 1 aromatic heterocycles. The van der Waals surface area contributed by atoms with Crippen LogP contribution in [0.3, 0.4) is 0 Å². The van der Waals surface area contributed by atoms with Crippen LogP contribution in [0.2, 0.25) is 5.02 Å². The van der Waals surface area contributed by atoms with Gasteiger partial charge in [-0.1, -0.05) is 48.0 Å². The van der Waals surface area contributed by atoms with Gasteiger partial charge in [-0.05, 0) is 55.0 Å². The maximum Gasteiger partial charge on any atom is 0.270 e. The van der Waals surface area contributed by atoms with Crippen LogP contribution in [0.5, 0.6) is 0 Å². The first-order valence-corrected chi connectivity index (χ1v) is 9.55. The van der Waals surface area contributed by atoms with E-state index in [-0.39, 0.29) is 10.7 Å². The van der Waals surface area contributed by atoms with Gasteiger partial charge in [0.15, 0.2) is 5.11 Å². The van der Waals surface area contributed by atoms with Gasteiger partial charge in [0, 0.05) is 10.6 Å². The van der Waals surface area contributed by atoms with Crippen LogP contribution < -0.4 is 10.2 Å². The second-order valence-corrected chi connectivity index (χ2v) is 7.25. The van der Waals surface area contributed by atoms with Gasteiger partial charge in [0.1, 0.15) is 17.1 Å². The van der Waals surface area contributed by atoms with E-state index >= 15 is 0 Å². The molecule has 0 saturated carbocycles. The number of thiocarbonyl (C=S) groups is 1. The van der Waals surface area contributed by atoms with Gasteiger partial charge < -0.3 is 4.42 Å². The third-order valence-corrected chi connectivity index (χ3v) is 5.18. The summed E-state index contributed by atoms with van der Waals surface area (Å²) in [6, 6.07) is 18.2. The largest absolute Gasteiger partial charge is 0.457 e. The molecule has 0 radical (unpaired) electrons. The van der Waals surface area contributed by atoms with E-state index in [1.807, 2.05) is 37.3 Å². The van der Waals surface area contributed by atoms with Crippen molar-refractivity contribution in [1.82, 2.24) is 5.32 Å². The van der Waals surface area contributed by atoms with Gasteiger partial charge in [-0.15, -0.1) is 0 Å². The number of carbonyl (C=O) groups is 2. The van der Waals surface area contributed by atoms with Crippen molar-refractivity contribution in [1.29, 1.82) is 0 Å². The van der Waals surface area contributed by atoms with Gasteiger partial charge in [0.05, 0.1) is 5.69 Å². The molecule has 7 heteroatoms. The van der Waals surface area contributed by atoms with E-state index in [9.17, 15) is 9.59 Å². The first kappa shape index (κ1) is 19.1. The van der Waals surface area contributed by atoms with Gasteiger partial charge in [0.25, 0.3) is 11.8 Å². The quantitative estimate of drug-likeness (QED) is 0.376. The molecule has 0 unspecified atom stereocenters. The number of aryl methyl sites for hydroxylation is 1. The van der Waals surface area contributed by atoms with E-state index in [1.54, 1.807) is 30.3 Å². The summed E-state index contributed by atoms with van der Waals surface area (Å²) in [7, 11) is 0. The SMILES string of the molecule is Cc1ccc(N2C(=O)/C(=C\c3ccc(-c4ccccc4)o3)C(=O)NC2=S)cc1Cl. The standard InChI is InChI=1S/C22H15ClN2O3S/c1-13-7-8-15(11-18(13)23)25-21(27)17(20(26)24-22(25)29)12-16-9-10-19(28-16)14-5-3-2-4-6-14/h2-12H,1H3,(H,24,26,29)/b17-12-. The lowest BCUT2D eigenvalue weighted by molar-refractivity contribution is -0.122. The van der Waals surface area contributed by atoms with E-state index < -0.39 is 11.8 Å². The number of carbonyl (C=O) groups excluding carboxylic acids is 2. The average molecular weight is 423 g/mol. The first-order valence-electron chi connectivity index (χ1n) is 8.77. The fourth-order valence-corrected chi connectivity index (χ4v) is 3.40. The Morgan fingerprint density at radius 1 is 1.07 bits per heavy atom. The molecule has 2 amide bonds. The number of rotatable bonds is 3. The molecular weight excluding hydrogens is 408 g/mol. The normalized spacial score (nSPS) is 15.7. The number of hydrogen-bond acceptors (Lipinski definition) is 4. The molecule has 0 aliphatic carbocycles. The molecule has 29 heavy (non-hydrogen) atoms. The van der Waals surface area contributed by atoms with Crippen LogP contribution in [0.4, 0.5) is 5.69 Å². The number of anilines is 1. The van der Waals surface area contributed by atoms with E-state index in [0.717, 1.165) is 11.1 Å². The van der Waals surface area contributed by atoms with Crippen LogP contribution in [0.15, 0.2) is 70.7 Å². The Labute approximate surface area is 177 Å². The van der Waals surface area contributed by atoms with Crippen LogP contribution in [0.1, 0.15) is 11.3 Å². The highest BCUT2D eigenvalue weighted by Gasteiger charge is 2.35. The summed E-state index contributed by atoms with van der Waals surface area (Å²) in [6.07, 6.45) is 1.41. The van der Waals surface area contributed by atoms with Crippen molar-refractivity contribution in [3.05, 3.63) is 82.6 Å². The number of furan rings is 1. The zero-order valence-corrected chi connectivity index (χ0v) is 16.9. The van der Waals surface area contributed by atoms with E-state index in [2.05, 4.69) is 5.32 Å². The molecule has 0 atom stereocenters. The summed E-state index contributed by atoms with van der Waals surface area (Å²) in [5.41, 5.74) is 2.17. The molecule has 3 aromatic rings. The van der Waals surface area contributed by atoms with Crippen molar-refractivity contribution in [3.8, 4) is 11.3 Å². The molecule has 2 aromatic carbocycles.